The van der Waals surface area contributed by atoms with Crippen molar-refractivity contribution in [1.82, 2.24) is 23.8 Å². The Morgan fingerprint density at radius 1 is 1.57 bits per heavy atom. The van der Waals surface area contributed by atoms with Gasteiger partial charge >= 0.3 is 5.97 Å². The zero-order chi connectivity index (χ0) is 15.5. The van der Waals surface area contributed by atoms with Gasteiger partial charge in [0.15, 0.2) is 5.82 Å². The van der Waals surface area contributed by atoms with Crippen LogP contribution in [0.25, 0.3) is 0 Å². The van der Waals surface area contributed by atoms with Gasteiger partial charge in [0.1, 0.15) is 6.33 Å². The molecule has 0 saturated carbocycles. The number of rotatable bonds is 6. The molecule has 0 radical (unpaired) electrons. The average Bonchev–Trinajstić information content (AvgIpc) is 2.84. The van der Waals surface area contributed by atoms with Crippen molar-refractivity contribution in [3.05, 3.63) is 12.2 Å². The second-order valence-corrected chi connectivity index (χ2v) is 6.77. The van der Waals surface area contributed by atoms with Gasteiger partial charge in [-0.2, -0.15) is 17.8 Å². The first-order chi connectivity index (χ1) is 9.88. The summed E-state index contributed by atoms with van der Waals surface area (Å²) in [5.41, 5.74) is 0. The smallest absolute Gasteiger partial charge is 0.307 e. The van der Waals surface area contributed by atoms with Crippen LogP contribution in [-0.4, -0.2) is 58.2 Å². The molecule has 118 valence electrons. The van der Waals surface area contributed by atoms with Crippen molar-refractivity contribution < 1.29 is 18.3 Å². The molecule has 1 aromatic heterocycles. The van der Waals surface area contributed by atoms with Crippen molar-refractivity contribution in [2.45, 2.75) is 19.3 Å². The van der Waals surface area contributed by atoms with E-state index in [1.165, 1.54) is 4.31 Å². The monoisotopic (exact) mass is 317 g/mol. The number of carboxylic acid groups (broad SMARTS) is 1. The minimum Gasteiger partial charge on any atom is -0.481 e. The summed E-state index contributed by atoms with van der Waals surface area (Å²) in [6, 6.07) is 0. The summed E-state index contributed by atoms with van der Waals surface area (Å²) in [6.07, 6.45) is 3.00. The SMILES string of the molecule is Cn1cnc(CCNS(=O)(=O)N2CCCC(C(=O)O)C2)n1. The Kier molecular flexibility index (Phi) is 4.91. The quantitative estimate of drug-likeness (QED) is 0.694. The molecule has 1 aliphatic rings. The molecule has 10 heteroatoms. The molecule has 1 aliphatic heterocycles. The van der Waals surface area contributed by atoms with Crippen molar-refractivity contribution in [2.24, 2.45) is 13.0 Å². The fraction of sp³-hybridized carbons (Fsp3) is 0.727. The van der Waals surface area contributed by atoms with Gasteiger partial charge in [0.05, 0.1) is 5.92 Å². The molecule has 0 aliphatic carbocycles. The van der Waals surface area contributed by atoms with Crippen LogP contribution in [0.1, 0.15) is 18.7 Å². The van der Waals surface area contributed by atoms with Gasteiger partial charge < -0.3 is 5.11 Å². The van der Waals surface area contributed by atoms with Gasteiger partial charge in [-0.05, 0) is 12.8 Å². The van der Waals surface area contributed by atoms with Crippen LogP contribution in [0.5, 0.6) is 0 Å². The molecule has 2 rings (SSSR count). The lowest BCUT2D eigenvalue weighted by molar-refractivity contribution is -0.142. The standard InChI is InChI=1S/C11H19N5O4S/c1-15-8-12-10(14-15)4-5-13-21(19,20)16-6-2-3-9(7-16)11(17)18/h8-9,13H,2-7H2,1H3,(H,17,18). The molecule has 0 bridgehead atoms. The molecule has 9 nitrogen and oxygen atoms in total. The topological polar surface area (TPSA) is 117 Å². The number of nitrogens with zero attached hydrogens (tertiary/aromatic N) is 4. The van der Waals surface area contributed by atoms with E-state index in [1.807, 2.05) is 0 Å². The molecule has 2 heterocycles. The van der Waals surface area contributed by atoms with Crippen LogP contribution in [0.2, 0.25) is 0 Å². The Hall–Kier alpha value is -1.52. The highest BCUT2D eigenvalue weighted by Crippen LogP contribution is 2.18. The van der Waals surface area contributed by atoms with Gasteiger partial charge in [0.2, 0.25) is 0 Å². The van der Waals surface area contributed by atoms with E-state index in [9.17, 15) is 13.2 Å². The van der Waals surface area contributed by atoms with E-state index < -0.39 is 22.1 Å². The molecule has 1 atom stereocenters. The number of nitrogens with one attached hydrogen (secondary N) is 1. The van der Waals surface area contributed by atoms with E-state index in [2.05, 4.69) is 14.8 Å². The Morgan fingerprint density at radius 3 is 2.95 bits per heavy atom. The van der Waals surface area contributed by atoms with Gasteiger partial charge in [-0.1, -0.05) is 0 Å². The van der Waals surface area contributed by atoms with Gasteiger partial charge in [-0.3, -0.25) is 9.48 Å². The van der Waals surface area contributed by atoms with Crippen LogP contribution in [-0.2, 0) is 28.5 Å². The number of piperidine rings is 1. The van der Waals surface area contributed by atoms with E-state index >= 15 is 0 Å². The maximum atomic E-state index is 12.1. The van der Waals surface area contributed by atoms with Gasteiger partial charge in [-0.25, -0.2) is 9.71 Å². The highest BCUT2D eigenvalue weighted by Gasteiger charge is 2.31. The Balaban J connectivity index is 1.87. The zero-order valence-electron chi connectivity index (χ0n) is 11.8. The third-order valence-electron chi connectivity index (χ3n) is 3.35. The summed E-state index contributed by atoms with van der Waals surface area (Å²) >= 11 is 0. The Morgan fingerprint density at radius 2 is 2.33 bits per heavy atom. The molecule has 0 amide bonds. The molecule has 21 heavy (non-hydrogen) atoms. The van der Waals surface area contributed by atoms with E-state index in [-0.39, 0.29) is 13.1 Å². The van der Waals surface area contributed by atoms with Gasteiger partial charge in [-0.15, -0.1) is 0 Å². The molecule has 0 spiro atoms. The first-order valence-corrected chi connectivity index (χ1v) is 8.14. The molecule has 2 N–H and O–H groups in total. The van der Waals surface area contributed by atoms with Crippen LogP contribution in [0, 0.1) is 5.92 Å². The number of aliphatic carboxylic acids is 1. The number of hydrogen-bond acceptors (Lipinski definition) is 5. The number of aromatic nitrogens is 3. The third kappa shape index (κ3) is 4.22. The predicted octanol–water partition coefficient (Wildman–Crippen LogP) is -1.01. The lowest BCUT2D eigenvalue weighted by Crippen LogP contribution is -2.47. The highest BCUT2D eigenvalue weighted by atomic mass is 32.2. The molecule has 1 saturated heterocycles. The van der Waals surface area contributed by atoms with Crippen molar-refractivity contribution >= 4 is 16.2 Å². The molecule has 1 fully saturated rings. The summed E-state index contributed by atoms with van der Waals surface area (Å²) in [5, 5.41) is 13.0. The second kappa shape index (κ2) is 6.50. The minimum atomic E-state index is -3.66. The van der Waals surface area contributed by atoms with E-state index in [0.29, 0.717) is 31.6 Å². The number of hydrogen-bond donors (Lipinski definition) is 2. The first-order valence-electron chi connectivity index (χ1n) is 6.70. The largest absolute Gasteiger partial charge is 0.481 e. The summed E-state index contributed by atoms with van der Waals surface area (Å²) in [4.78, 5) is 15.0. The number of carboxylic acids is 1. The fourth-order valence-electron chi connectivity index (χ4n) is 2.24. The van der Waals surface area contributed by atoms with Crippen molar-refractivity contribution in [3.8, 4) is 0 Å². The van der Waals surface area contributed by atoms with Crippen molar-refractivity contribution in [3.63, 3.8) is 0 Å². The molecule has 1 aromatic rings. The van der Waals surface area contributed by atoms with Crippen LogP contribution in [0.3, 0.4) is 0 Å². The molecular formula is C11H19N5O4S. The van der Waals surface area contributed by atoms with Crippen LogP contribution < -0.4 is 4.72 Å². The minimum absolute atomic E-state index is 0.0203. The van der Waals surface area contributed by atoms with Crippen LogP contribution in [0.4, 0.5) is 0 Å². The maximum Gasteiger partial charge on any atom is 0.307 e. The van der Waals surface area contributed by atoms with Crippen LogP contribution in [0.15, 0.2) is 6.33 Å². The Bertz CT molecular complexity index is 600. The molecule has 0 aromatic carbocycles. The molecular weight excluding hydrogens is 298 g/mol. The van der Waals surface area contributed by atoms with Gasteiger partial charge in [0.25, 0.3) is 10.2 Å². The average molecular weight is 317 g/mol. The van der Waals surface area contributed by atoms with Gasteiger partial charge in [0, 0.05) is 33.1 Å². The van der Waals surface area contributed by atoms with E-state index in [0.717, 1.165) is 0 Å². The number of carbonyl (C=O) groups is 1. The summed E-state index contributed by atoms with van der Waals surface area (Å²) in [6.45, 7) is 0.550. The molecule has 1 unspecified atom stereocenters. The lowest BCUT2D eigenvalue weighted by atomic mass is 10.0. The van der Waals surface area contributed by atoms with Crippen molar-refractivity contribution in [2.75, 3.05) is 19.6 Å². The summed E-state index contributed by atoms with van der Waals surface area (Å²) < 4.78 is 29.5. The highest BCUT2D eigenvalue weighted by molar-refractivity contribution is 7.87. The van der Waals surface area contributed by atoms with E-state index in [4.69, 9.17) is 5.11 Å². The van der Waals surface area contributed by atoms with Crippen LogP contribution >= 0.6 is 0 Å². The third-order valence-corrected chi connectivity index (χ3v) is 4.93. The van der Waals surface area contributed by atoms with E-state index in [1.54, 1.807) is 18.1 Å². The normalized spacial score (nSPS) is 20.5. The van der Waals surface area contributed by atoms with Crippen molar-refractivity contribution in [1.29, 1.82) is 0 Å². The number of aryl methyl sites for hydroxylation is 1. The zero-order valence-corrected chi connectivity index (χ0v) is 12.6. The Labute approximate surface area is 123 Å². The predicted molar refractivity (Wildman–Crippen MR) is 73.6 cm³/mol. The fourth-order valence-corrected chi connectivity index (χ4v) is 3.53. The summed E-state index contributed by atoms with van der Waals surface area (Å²) in [5.74, 6) is -1.03. The first kappa shape index (κ1) is 15.9. The summed E-state index contributed by atoms with van der Waals surface area (Å²) in [7, 11) is -1.92. The second-order valence-electron chi connectivity index (χ2n) is 5.02. The maximum absolute atomic E-state index is 12.1. The lowest BCUT2D eigenvalue weighted by Gasteiger charge is -2.29.